The van der Waals surface area contributed by atoms with Crippen molar-refractivity contribution in [2.24, 2.45) is 17.6 Å². The zero-order valence-electron chi connectivity index (χ0n) is 16.9. The molecular weight excluding hydrogens is 368 g/mol. The van der Waals surface area contributed by atoms with Crippen LogP contribution in [-0.4, -0.2) is 42.3 Å². The van der Waals surface area contributed by atoms with Crippen LogP contribution in [-0.2, 0) is 9.53 Å². The first-order valence-corrected chi connectivity index (χ1v) is 9.56. The molecule has 2 aromatic carbocycles. The zero-order valence-corrected chi connectivity index (χ0v) is 16.9. The fourth-order valence-electron chi connectivity index (χ4n) is 3.15. The van der Waals surface area contributed by atoms with E-state index in [1.54, 1.807) is 26.0 Å². The number of ether oxygens (including phenoxy) is 1. The number of fused-ring (bicyclic) bond motifs is 1. The summed E-state index contributed by atoms with van der Waals surface area (Å²) in [5.74, 6) is 5.97. The van der Waals surface area contributed by atoms with Crippen molar-refractivity contribution in [3.63, 3.8) is 0 Å². The van der Waals surface area contributed by atoms with Gasteiger partial charge in [-0.25, -0.2) is 4.79 Å². The number of nitrogens with one attached hydrogen (secondary N) is 1. The molecule has 3 atom stereocenters. The van der Waals surface area contributed by atoms with Crippen LogP contribution >= 0.6 is 0 Å². The number of hydrogen-bond acceptors (Lipinski definition) is 5. The van der Waals surface area contributed by atoms with Crippen LogP contribution in [0.5, 0.6) is 0 Å². The normalized spacial score (nSPS) is 19.1. The Bertz CT molecular complexity index is 997. The van der Waals surface area contributed by atoms with Gasteiger partial charge in [-0.3, -0.25) is 4.79 Å². The summed E-state index contributed by atoms with van der Waals surface area (Å²) in [7, 11) is 1.26. The van der Waals surface area contributed by atoms with Crippen molar-refractivity contribution in [2.75, 3.05) is 13.7 Å². The van der Waals surface area contributed by atoms with E-state index in [4.69, 9.17) is 15.6 Å². The summed E-state index contributed by atoms with van der Waals surface area (Å²) in [5.41, 5.74) is 6.38. The van der Waals surface area contributed by atoms with Crippen LogP contribution in [0.25, 0.3) is 10.8 Å². The Morgan fingerprint density at radius 1 is 1.28 bits per heavy atom. The molecule has 6 nitrogen and oxygen atoms in total. The minimum absolute atomic E-state index is 0.195. The van der Waals surface area contributed by atoms with Crippen LogP contribution in [0.2, 0.25) is 0 Å². The lowest BCUT2D eigenvalue weighted by Gasteiger charge is -2.28. The number of rotatable bonds is 5. The van der Waals surface area contributed by atoms with E-state index in [2.05, 4.69) is 17.2 Å². The number of benzene rings is 2. The Hall–Kier alpha value is -2.88. The largest absolute Gasteiger partial charge is 0.467 e. The molecular formula is C23H26N2O4. The Labute approximate surface area is 170 Å². The van der Waals surface area contributed by atoms with Gasteiger partial charge in [-0.15, -0.1) is 0 Å². The number of carbonyl (C=O) groups excluding carboxylic acids is 2. The molecule has 6 heteroatoms. The van der Waals surface area contributed by atoms with Crippen molar-refractivity contribution in [2.45, 2.75) is 31.8 Å². The van der Waals surface area contributed by atoms with E-state index in [0.717, 1.165) is 22.8 Å². The SMILES string of the molecule is COC(=O)C(NC(=O)c1ccc2cc(C#C[C@H]3C[C@@H]3CO)ccc2c1)C(C)(C)N. The maximum Gasteiger partial charge on any atom is 0.330 e. The van der Waals surface area contributed by atoms with E-state index in [9.17, 15) is 9.59 Å². The van der Waals surface area contributed by atoms with Gasteiger partial charge in [0.2, 0.25) is 0 Å². The van der Waals surface area contributed by atoms with Crippen molar-refractivity contribution in [3.8, 4) is 11.8 Å². The highest BCUT2D eigenvalue weighted by Crippen LogP contribution is 2.37. The first kappa shape index (κ1) is 20.8. The van der Waals surface area contributed by atoms with Crippen LogP contribution in [0.4, 0.5) is 0 Å². The lowest BCUT2D eigenvalue weighted by atomic mass is 9.95. The number of nitrogens with two attached hydrogens (primary N) is 1. The lowest BCUT2D eigenvalue weighted by molar-refractivity contribution is -0.144. The molecule has 1 saturated carbocycles. The number of methoxy groups -OCH3 is 1. The van der Waals surface area contributed by atoms with Gasteiger partial charge in [0.05, 0.1) is 7.11 Å². The average Bonchev–Trinajstić information content (AvgIpc) is 3.47. The van der Waals surface area contributed by atoms with E-state index in [0.29, 0.717) is 11.5 Å². The second-order valence-electron chi connectivity index (χ2n) is 8.08. The number of esters is 1. The third kappa shape index (κ3) is 4.94. The van der Waals surface area contributed by atoms with Crippen molar-refractivity contribution in [1.29, 1.82) is 0 Å². The van der Waals surface area contributed by atoms with Crippen LogP contribution in [0.1, 0.15) is 36.2 Å². The number of carbonyl (C=O) groups is 2. The van der Waals surface area contributed by atoms with E-state index in [1.807, 2.05) is 24.3 Å². The van der Waals surface area contributed by atoms with Crippen molar-refractivity contribution in [3.05, 3.63) is 47.5 Å². The van der Waals surface area contributed by atoms with Crippen LogP contribution in [0, 0.1) is 23.7 Å². The molecule has 0 radical (unpaired) electrons. The van der Waals surface area contributed by atoms with Crippen LogP contribution in [0.3, 0.4) is 0 Å². The molecule has 0 aliphatic heterocycles. The number of aliphatic hydroxyl groups excluding tert-OH is 1. The summed E-state index contributed by atoms with van der Waals surface area (Å²) in [6.07, 6.45) is 0.960. The third-order valence-electron chi connectivity index (χ3n) is 5.12. The quantitative estimate of drug-likeness (QED) is 0.530. The van der Waals surface area contributed by atoms with Crippen LogP contribution in [0.15, 0.2) is 36.4 Å². The Balaban J connectivity index is 1.77. The molecule has 1 aliphatic carbocycles. The minimum atomic E-state index is -0.968. The van der Waals surface area contributed by atoms with Gasteiger partial charge in [0.1, 0.15) is 6.04 Å². The molecule has 0 aromatic heterocycles. The van der Waals surface area contributed by atoms with Crippen molar-refractivity contribution in [1.82, 2.24) is 5.32 Å². The zero-order chi connectivity index (χ0) is 21.2. The van der Waals surface area contributed by atoms with E-state index in [1.165, 1.54) is 7.11 Å². The predicted octanol–water partition coefficient (Wildman–Crippen LogP) is 1.83. The summed E-state index contributed by atoms with van der Waals surface area (Å²) in [6, 6.07) is 10.2. The van der Waals surface area contributed by atoms with Gasteiger partial charge in [0.15, 0.2) is 0 Å². The first-order chi connectivity index (χ1) is 13.7. The van der Waals surface area contributed by atoms with E-state index < -0.39 is 23.5 Å². The summed E-state index contributed by atoms with van der Waals surface area (Å²) < 4.78 is 4.76. The summed E-state index contributed by atoms with van der Waals surface area (Å²) in [5, 5.41) is 13.6. The predicted molar refractivity (Wildman–Crippen MR) is 111 cm³/mol. The van der Waals surface area contributed by atoms with Gasteiger partial charge in [-0.05, 0) is 61.2 Å². The molecule has 0 spiro atoms. The molecule has 29 heavy (non-hydrogen) atoms. The Kier molecular flexibility index (Phi) is 5.92. The molecule has 1 amide bonds. The second kappa shape index (κ2) is 8.24. The Morgan fingerprint density at radius 3 is 2.59 bits per heavy atom. The second-order valence-corrected chi connectivity index (χ2v) is 8.08. The van der Waals surface area contributed by atoms with Gasteiger partial charge < -0.3 is 20.9 Å². The minimum Gasteiger partial charge on any atom is -0.467 e. The molecule has 0 saturated heterocycles. The molecule has 0 heterocycles. The van der Waals surface area contributed by atoms with Gasteiger partial charge in [-0.2, -0.15) is 0 Å². The molecule has 152 valence electrons. The van der Waals surface area contributed by atoms with Crippen LogP contribution < -0.4 is 11.1 Å². The number of amides is 1. The number of aliphatic hydroxyl groups is 1. The fourth-order valence-corrected chi connectivity index (χ4v) is 3.15. The summed E-state index contributed by atoms with van der Waals surface area (Å²) >= 11 is 0. The fraction of sp³-hybridized carbons (Fsp3) is 0.391. The van der Waals surface area contributed by atoms with Gasteiger partial charge in [0.25, 0.3) is 5.91 Å². The van der Waals surface area contributed by atoms with Gasteiger partial charge >= 0.3 is 5.97 Å². The molecule has 1 fully saturated rings. The summed E-state index contributed by atoms with van der Waals surface area (Å²) in [4.78, 5) is 24.6. The van der Waals surface area contributed by atoms with Gasteiger partial charge in [-0.1, -0.05) is 24.0 Å². The lowest BCUT2D eigenvalue weighted by Crippen LogP contribution is -2.59. The van der Waals surface area contributed by atoms with Crippen molar-refractivity contribution >= 4 is 22.6 Å². The van der Waals surface area contributed by atoms with E-state index >= 15 is 0 Å². The molecule has 1 aliphatic rings. The molecule has 0 bridgehead atoms. The highest BCUT2D eigenvalue weighted by Gasteiger charge is 2.35. The maximum atomic E-state index is 12.7. The molecule has 3 rings (SSSR count). The monoisotopic (exact) mass is 394 g/mol. The smallest absolute Gasteiger partial charge is 0.330 e. The highest BCUT2D eigenvalue weighted by molar-refractivity contribution is 6.00. The third-order valence-corrected chi connectivity index (χ3v) is 5.12. The standard InChI is InChI=1S/C23H26N2O4/c1-23(2,24)20(22(28)29-3)25-21(27)18-9-8-15-10-14(4-6-16(15)11-18)5-7-17-12-19(17)13-26/h4,6,8-11,17,19-20,26H,12-13,24H2,1-3H3,(H,25,27)/t17-,19+,20?/m0/s1. The highest BCUT2D eigenvalue weighted by atomic mass is 16.5. The first-order valence-electron chi connectivity index (χ1n) is 9.56. The maximum absolute atomic E-state index is 12.7. The molecule has 2 aromatic rings. The van der Waals surface area contributed by atoms with E-state index in [-0.39, 0.29) is 12.5 Å². The Morgan fingerprint density at radius 2 is 1.97 bits per heavy atom. The van der Waals surface area contributed by atoms with Gasteiger partial charge in [0, 0.05) is 29.2 Å². The van der Waals surface area contributed by atoms with Crippen molar-refractivity contribution < 1.29 is 19.4 Å². The molecule has 1 unspecified atom stereocenters. The number of hydrogen-bond donors (Lipinski definition) is 3. The molecule has 4 N–H and O–H groups in total. The topological polar surface area (TPSA) is 102 Å². The average molecular weight is 394 g/mol. The summed E-state index contributed by atoms with van der Waals surface area (Å²) in [6.45, 7) is 3.50.